The van der Waals surface area contributed by atoms with E-state index in [-0.39, 0.29) is 11.8 Å². The van der Waals surface area contributed by atoms with Gasteiger partial charge in [-0.2, -0.15) is 10.5 Å². The zero-order chi connectivity index (χ0) is 13.0. The van der Waals surface area contributed by atoms with E-state index in [1.807, 2.05) is 36.4 Å². The van der Waals surface area contributed by atoms with Gasteiger partial charge in [-0.05, 0) is 5.56 Å². The molecule has 0 aromatic heterocycles. The second kappa shape index (κ2) is 4.89. The normalized spacial score (nSPS) is 18.1. The van der Waals surface area contributed by atoms with E-state index in [4.69, 9.17) is 16.3 Å². The molecule has 1 aromatic rings. The smallest absolute Gasteiger partial charge is 0.211 e. The number of nitrogens with one attached hydrogen (secondary N) is 2. The van der Waals surface area contributed by atoms with Crippen molar-refractivity contribution in [2.24, 2.45) is 10.7 Å². The van der Waals surface area contributed by atoms with Gasteiger partial charge in [-0.1, -0.05) is 30.3 Å². The molecule has 2 rings (SSSR count). The summed E-state index contributed by atoms with van der Waals surface area (Å²) in [6.45, 7) is 0. The van der Waals surface area contributed by atoms with Crippen molar-refractivity contribution in [3.8, 4) is 12.3 Å². The lowest BCUT2D eigenvalue weighted by atomic mass is 9.99. The first kappa shape index (κ1) is 11.5. The van der Waals surface area contributed by atoms with E-state index in [0.717, 1.165) is 5.56 Å². The number of nitriles is 2. The zero-order valence-electron chi connectivity index (χ0n) is 9.38. The molecule has 0 amide bonds. The van der Waals surface area contributed by atoms with Crippen LogP contribution in [0, 0.1) is 22.8 Å². The van der Waals surface area contributed by atoms with Crippen LogP contribution in [0.3, 0.4) is 0 Å². The fraction of sp³-hybridized carbons (Fsp3) is 0.0833. The highest BCUT2D eigenvalue weighted by Crippen LogP contribution is 2.28. The van der Waals surface area contributed by atoms with Crippen LogP contribution in [-0.4, -0.2) is 5.96 Å². The van der Waals surface area contributed by atoms with Gasteiger partial charge < -0.3 is 11.1 Å². The number of nitrogens with zero attached hydrogens (tertiary/aromatic N) is 3. The molecule has 6 nitrogen and oxygen atoms in total. The maximum Gasteiger partial charge on any atom is 0.211 e. The van der Waals surface area contributed by atoms with Gasteiger partial charge in [-0.15, -0.1) is 0 Å². The third-order valence-corrected chi connectivity index (χ3v) is 2.48. The van der Waals surface area contributed by atoms with Crippen LogP contribution in [0.5, 0.6) is 0 Å². The second-order valence-electron chi connectivity index (χ2n) is 3.59. The van der Waals surface area contributed by atoms with Crippen LogP contribution in [0.1, 0.15) is 11.6 Å². The van der Waals surface area contributed by atoms with Crippen molar-refractivity contribution in [2.75, 3.05) is 0 Å². The Balaban J connectivity index is 2.44. The number of rotatable bonds is 1. The summed E-state index contributed by atoms with van der Waals surface area (Å²) >= 11 is 0. The molecular weight excluding hydrogens is 228 g/mol. The van der Waals surface area contributed by atoms with Crippen LogP contribution in [0.25, 0.3) is 0 Å². The monoisotopic (exact) mass is 238 g/mol. The highest BCUT2D eigenvalue weighted by Gasteiger charge is 2.24. The SMILES string of the molecule is N#CNC1=NC(c2ccccc2)C(C#N)=C(N)N1. The predicted octanol–water partition coefficient (Wildman–Crippen LogP) is 0.451. The predicted molar refractivity (Wildman–Crippen MR) is 65.3 cm³/mol. The van der Waals surface area contributed by atoms with E-state index in [2.05, 4.69) is 15.6 Å². The highest BCUT2D eigenvalue weighted by atomic mass is 15.2. The van der Waals surface area contributed by atoms with Gasteiger partial charge in [0.15, 0.2) is 6.19 Å². The molecule has 0 saturated heterocycles. The number of benzene rings is 1. The standard InChI is InChI=1S/C12H10N6/c13-6-9-10(8-4-2-1-3-5-8)17-12(16-7-14)18-11(9)15/h1-5,10H,15H2,(H2,16,17,18). The molecule has 0 fully saturated rings. The highest BCUT2D eigenvalue weighted by molar-refractivity contribution is 5.84. The number of hydrogen-bond donors (Lipinski definition) is 3. The van der Waals surface area contributed by atoms with Gasteiger partial charge in [0.25, 0.3) is 0 Å². The lowest BCUT2D eigenvalue weighted by Gasteiger charge is -2.22. The molecule has 1 aliphatic rings. The largest absolute Gasteiger partial charge is 0.384 e. The van der Waals surface area contributed by atoms with Gasteiger partial charge >= 0.3 is 0 Å². The summed E-state index contributed by atoms with van der Waals surface area (Å²) in [5.41, 5.74) is 6.93. The Labute approximate surface area is 104 Å². The summed E-state index contributed by atoms with van der Waals surface area (Å²) in [7, 11) is 0. The molecule has 0 saturated carbocycles. The molecule has 1 unspecified atom stereocenters. The number of hydrogen-bond acceptors (Lipinski definition) is 6. The minimum Gasteiger partial charge on any atom is -0.384 e. The topological polar surface area (TPSA) is 110 Å². The zero-order valence-corrected chi connectivity index (χ0v) is 9.38. The number of aliphatic imine (C=N–C) groups is 1. The fourth-order valence-electron chi connectivity index (χ4n) is 1.68. The average molecular weight is 238 g/mol. The molecule has 18 heavy (non-hydrogen) atoms. The van der Waals surface area contributed by atoms with Gasteiger partial charge in [0.2, 0.25) is 5.96 Å². The average Bonchev–Trinajstić information content (AvgIpc) is 2.39. The molecule has 1 aliphatic heterocycles. The van der Waals surface area contributed by atoms with Crippen LogP contribution >= 0.6 is 0 Å². The third-order valence-electron chi connectivity index (χ3n) is 2.48. The molecule has 88 valence electrons. The van der Waals surface area contributed by atoms with E-state index in [1.54, 1.807) is 6.19 Å². The minimum absolute atomic E-state index is 0.208. The first-order chi connectivity index (χ1) is 8.76. The van der Waals surface area contributed by atoms with Crippen LogP contribution in [0.4, 0.5) is 0 Å². The molecule has 1 heterocycles. The van der Waals surface area contributed by atoms with E-state index in [0.29, 0.717) is 5.57 Å². The Morgan fingerprint density at radius 3 is 2.61 bits per heavy atom. The van der Waals surface area contributed by atoms with Gasteiger partial charge in [0.1, 0.15) is 17.9 Å². The Kier molecular flexibility index (Phi) is 3.13. The van der Waals surface area contributed by atoms with E-state index in [9.17, 15) is 0 Å². The summed E-state index contributed by atoms with van der Waals surface area (Å²) < 4.78 is 0. The summed E-state index contributed by atoms with van der Waals surface area (Å²) in [5, 5.41) is 22.8. The Morgan fingerprint density at radius 2 is 2.00 bits per heavy atom. The lowest BCUT2D eigenvalue weighted by Crippen LogP contribution is -2.41. The molecular formula is C12H10N6. The Morgan fingerprint density at radius 1 is 1.28 bits per heavy atom. The van der Waals surface area contributed by atoms with Gasteiger partial charge in [0.05, 0.1) is 5.57 Å². The van der Waals surface area contributed by atoms with E-state index in [1.165, 1.54) is 0 Å². The summed E-state index contributed by atoms with van der Waals surface area (Å²) in [4.78, 5) is 4.26. The van der Waals surface area contributed by atoms with Gasteiger partial charge in [0, 0.05) is 0 Å². The molecule has 0 radical (unpaired) electrons. The van der Waals surface area contributed by atoms with Crippen molar-refractivity contribution in [3.63, 3.8) is 0 Å². The number of nitrogens with two attached hydrogens (primary N) is 1. The van der Waals surface area contributed by atoms with Crippen molar-refractivity contribution in [3.05, 3.63) is 47.3 Å². The quantitative estimate of drug-likeness (QED) is 0.486. The van der Waals surface area contributed by atoms with Crippen molar-refractivity contribution in [1.29, 1.82) is 10.5 Å². The molecule has 0 aliphatic carbocycles. The second-order valence-corrected chi connectivity index (χ2v) is 3.59. The summed E-state index contributed by atoms with van der Waals surface area (Å²) in [6.07, 6.45) is 1.76. The van der Waals surface area contributed by atoms with Gasteiger partial charge in [-0.25, -0.2) is 4.99 Å². The Bertz CT molecular complexity index is 587. The van der Waals surface area contributed by atoms with Crippen molar-refractivity contribution in [1.82, 2.24) is 10.6 Å². The summed E-state index contributed by atoms with van der Waals surface area (Å²) in [5.74, 6) is 0.446. The van der Waals surface area contributed by atoms with Crippen molar-refractivity contribution < 1.29 is 0 Å². The first-order valence-electron chi connectivity index (χ1n) is 5.21. The van der Waals surface area contributed by atoms with Crippen molar-refractivity contribution in [2.45, 2.75) is 6.04 Å². The van der Waals surface area contributed by atoms with Crippen LogP contribution < -0.4 is 16.4 Å². The molecule has 6 heteroatoms. The van der Waals surface area contributed by atoms with Crippen LogP contribution in [0.15, 0.2) is 46.7 Å². The minimum atomic E-state index is -0.492. The summed E-state index contributed by atoms with van der Waals surface area (Å²) in [6, 6.07) is 10.8. The third kappa shape index (κ3) is 2.08. The number of guanidine groups is 1. The molecule has 0 spiro atoms. The first-order valence-corrected chi connectivity index (χ1v) is 5.21. The maximum absolute atomic E-state index is 9.13. The van der Waals surface area contributed by atoms with Crippen LogP contribution in [0.2, 0.25) is 0 Å². The molecule has 4 N–H and O–H groups in total. The van der Waals surface area contributed by atoms with E-state index >= 15 is 0 Å². The van der Waals surface area contributed by atoms with E-state index < -0.39 is 6.04 Å². The lowest BCUT2D eigenvalue weighted by molar-refractivity contribution is 0.785. The fourth-order valence-corrected chi connectivity index (χ4v) is 1.68. The van der Waals surface area contributed by atoms with Crippen molar-refractivity contribution >= 4 is 5.96 Å². The molecule has 0 bridgehead atoms. The molecule has 1 aromatic carbocycles. The van der Waals surface area contributed by atoms with Gasteiger partial charge in [-0.3, -0.25) is 5.32 Å². The van der Waals surface area contributed by atoms with Crippen LogP contribution in [-0.2, 0) is 0 Å². The maximum atomic E-state index is 9.13. The molecule has 1 atom stereocenters. The Hall–Kier alpha value is -2.99.